The van der Waals surface area contributed by atoms with Crippen LogP contribution in [-0.4, -0.2) is 18.5 Å². The van der Waals surface area contributed by atoms with Gasteiger partial charge in [0.2, 0.25) is 0 Å². The van der Waals surface area contributed by atoms with E-state index in [-0.39, 0.29) is 6.42 Å². The molecule has 108 valence electrons. The number of hydrogen-bond acceptors (Lipinski definition) is 2. The van der Waals surface area contributed by atoms with Crippen molar-refractivity contribution in [3.63, 3.8) is 0 Å². The Morgan fingerprint density at radius 1 is 0.947 bits per heavy atom. The average Bonchev–Trinajstić information content (AvgIpc) is 2.47. The summed E-state index contributed by atoms with van der Waals surface area (Å²) in [6.45, 7) is 0. The molecule has 0 aromatic heterocycles. The molecule has 0 amide bonds. The molecule has 0 heterocycles. The molecule has 2 nitrogen and oxygen atoms in total. The number of carbonyl (C=O) groups is 2. The Balaban J connectivity index is 2.31. The van der Waals surface area contributed by atoms with E-state index in [1.807, 2.05) is 0 Å². The summed E-state index contributed by atoms with van der Waals surface area (Å²) in [5, 5.41) is 0. The fourth-order valence-corrected chi connectivity index (χ4v) is 3.90. The van der Waals surface area contributed by atoms with Crippen LogP contribution in [-0.2, 0) is 9.59 Å². The molecule has 2 atom stereocenters. The van der Waals surface area contributed by atoms with E-state index in [1.54, 1.807) is 0 Å². The van der Waals surface area contributed by atoms with Gasteiger partial charge in [-0.05, 0) is 25.7 Å². The van der Waals surface area contributed by atoms with Gasteiger partial charge >= 0.3 is 0 Å². The van der Waals surface area contributed by atoms with Gasteiger partial charge in [0.1, 0.15) is 12.6 Å². The average molecular weight is 272 g/mol. The minimum absolute atomic E-state index is 0.156. The molecule has 0 radical (unpaired) electrons. The van der Waals surface area contributed by atoms with Crippen molar-refractivity contribution in [1.29, 1.82) is 0 Å². The van der Waals surface area contributed by atoms with Crippen LogP contribution in [0.5, 0.6) is 0 Å². The highest BCUT2D eigenvalue weighted by Crippen LogP contribution is 2.55. The zero-order valence-electron chi connectivity index (χ0n) is 11.2. The highest BCUT2D eigenvalue weighted by Gasteiger charge is 2.61. The van der Waals surface area contributed by atoms with Crippen molar-refractivity contribution in [3.8, 4) is 0 Å². The van der Waals surface area contributed by atoms with Crippen molar-refractivity contribution in [1.82, 2.24) is 0 Å². The Bertz CT molecular complexity index is 337. The largest absolute Gasteiger partial charge is 0.303 e. The Morgan fingerprint density at radius 2 is 1.58 bits per heavy atom. The predicted octanol–water partition coefficient (Wildman–Crippen LogP) is 3.78. The second-order valence-electron chi connectivity index (χ2n) is 6.10. The first-order valence-corrected chi connectivity index (χ1v) is 7.38. The van der Waals surface area contributed by atoms with E-state index in [2.05, 4.69) is 0 Å². The molecule has 0 aliphatic heterocycles. The Labute approximate surface area is 112 Å². The first-order valence-electron chi connectivity index (χ1n) is 7.38. The third-order valence-electron chi connectivity index (χ3n) is 5.13. The summed E-state index contributed by atoms with van der Waals surface area (Å²) in [5.41, 5.74) is -1.74. The van der Waals surface area contributed by atoms with E-state index >= 15 is 0 Å². The van der Waals surface area contributed by atoms with Gasteiger partial charge in [0, 0.05) is 11.8 Å². The molecule has 2 fully saturated rings. The van der Waals surface area contributed by atoms with Crippen molar-refractivity contribution in [3.05, 3.63) is 0 Å². The van der Waals surface area contributed by atoms with Gasteiger partial charge in [0.25, 0.3) is 5.92 Å². The lowest BCUT2D eigenvalue weighted by atomic mass is 9.60. The SMILES string of the molecule is O=CC1CCCCC1(C=O)C(F)(F)C1CCCCC1. The molecule has 19 heavy (non-hydrogen) atoms. The fourth-order valence-electron chi connectivity index (χ4n) is 3.90. The highest BCUT2D eigenvalue weighted by atomic mass is 19.3. The molecule has 4 heteroatoms. The minimum Gasteiger partial charge on any atom is -0.303 e. The standard InChI is InChI=1S/C15H22F2O2/c16-15(17,12-6-2-1-3-7-12)14(11-19)9-5-4-8-13(14)10-18/h10-13H,1-9H2. The van der Waals surface area contributed by atoms with Gasteiger partial charge in [-0.2, -0.15) is 0 Å². The zero-order chi connectivity index (χ0) is 13.9. The molecule has 0 saturated heterocycles. The summed E-state index contributed by atoms with van der Waals surface area (Å²) in [7, 11) is 0. The van der Waals surface area contributed by atoms with Crippen LogP contribution < -0.4 is 0 Å². The van der Waals surface area contributed by atoms with Gasteiger partial charge in [-0.3, -0.25) is 0 Å². The summed E-state index contributed by atoms with van der Waals surface area (Å²) in [6, 6.07) is 0. The Morgan fingerprint density at radius 3 is 2.16 bits per heavy atom. The van der Waals surface area contributed by atoms with Crippen molar-refractivity contribution >= 4 is 12.6 Å². The van der Waals surface area contributed by atoms with E-state index in [4.69, 9.17) is 0 Å². The number of halogens is 2. The van der Waals surface area contributed by atoms with Crippen LogP contribution in [0, 0.1) is 17.3 Å². The van der Waals surface area contributed by atoms with Crippen LogP contribution in [0.3, 0.4) is 0 Å². The maximum atomic E-state index is 14.9. The quantitative estimate of drug-likeness (QED) is 0.730. The summed E-state index contributed by atoms with van der Waals surface area (Å²) in [4.78, 5) is 22.7. The second-order valence-corrected chi connectivity index (χ2v) is 6.10. The smallest absolute Gasteiger partial charge is 0.263 e. The third kappa shape index (κ3) is 2.34. The first kappa shape index (κ1) is 14.6. The summed E-state index contributed by atoms with van der Waals surface area (Å²) in [6.07, 6.45) is 6.52. The molecule has 2 rings (SSSR count). The Kier molecular flexibility index (Phi) is 4.36. The topological polar surface area (TPSA) is 34.1 Å². The maximum absolute atomic E-state index is 14.9. The molecule has 2 unspecified atom stereocenters. The predicted molar refractivity (Wildman–Crippen MR) is 68.0 cm³/mol. The monoisotopic (exact) mass is 272 g/mol. The van der Waals surface area contributed by atoms with Gasteiger partial charge in [0.05, 0.1) is 5.41 Å². The minimum atomic E-state index is -3.04. The van der Waals surface area contributed by atoms with Crippen LogP contribution in [0.25, 0.3) is 0 Å². The highest BCUT2D eigenvalue weighted by molar-refractivity contribution is 5.71. The normalized spacial score (nSPS) is 33.9. The zero-order valence-corrected chi connectivity index (χ0v) is 11.2. The maximum Gasteiger partial charge on any atom is 0.263 e. The number of hydrogen-bond donors (Lipinski definition) is 0. The molecule has 2 saturated carbocycles. The lowest BCUT2D eigenvalue weighted by molar-refractivity contribution is -0.196. The van der Waals surface area contributed by atoms with E-state index in [0.29, 0.717) is 38.3 Å². The van der Waals surface area contributed by atoms with E-state index < -0.39 is 23.2 Å². The molecular formula is C15H22F2O2. The Hall–Kier alpha value is -0.800. The molecule has 0 aromatic rings. The lowest BCUT2D eigenvalue weighted by Crippen LogP contribution is -2.54. The van der Waals surface area contributed by atoms with Crippen LogP contribution in [0.15, 0.2) is 0 Å². The second kappa shape index (κ2) is 5.68. The number of alkyl halides is 2. The number of carbonyl (C=O) groups excluding carboxylic acids is 2. The molecule has 0 N–H and O–H groups in total. The van der Waals surface area contributed by atoms with E-state index in [0.717, 1.165) is 25.7 Å². The van der Waals surface area contributed by atoms with Crippen molar-refractivity contribution in [2.45, 2.75) is 63.7 Å². The van der Waals surface area contributed by atoms with Crippen LogP contribution in [0.4, 0.5) is 8.78 Å². The summed E-state index contributed by atoms with van der Waals surface area (Å²) in [5.74, 6) is -4.58. The van der Waals surface area contributed by atoms with Gasteiger partial charge in [-0.15, -0.1) is 0 Å². The third-order valence-corrected chi connectivity index (χ3v) is 5.13. The lowest BCUT2D eigenvalue weighted by Gasteiger charge is -2.46. The summed E-state index contributed by atoms with van der Waals surface area (Å²) < 4.78 is 29.8. The molecular weight excluding hydrogens is 250 g/mol. The molecule has 0 spiro atoms. The first-order chi connectivity index (χ1) is 9.08. The van der Waals surface area contributed by atoms with E-state index in [1.165, 1.54) is 0 Å². The van der Waals surface area contributed by atoms with Crippen LogP contribution in [0.2, 0.25) is 0 Å². The van der Waals surface area contributed by atoms with Crippen molar-refractivity contribution in [2.24, 2.45) is 17.3 Å². The molecule has 2 aliphatic rings. The summed E-state index contributed by atoms with van der Waals surface area (Å²) >= 11 is 0. The van der Waals surface area contributed by atoms with Crippen molar-refractivity contribution in [2.75, 3.05) is 0 Å². The van der Waals surface area contributed by atoms with Gasteiger partial charge in [-0.1, -0.05) is 32.1 Å². The number of rotatable bonds is 4. The molecule has 2 aliphatic carbocycles. The van der Waals surface area contributed by atoms with E-state index in [9.17, 15) is 18.4 Å². The number of aldehydes is 2. The molecule has 0 bridgehead atoms. The van der Waals surface area contributed by atoms with Gasteiger partial charge in [-0.25, -0.2) is 8.78 Å². The molecule has 0 aromatic carbocycles. The van der Waals surface area contributed by atoms with Gasteiger partial charge in [0.15, 0.2) is 0 Å². The van der Waals surface area contributed by atoms with Crippen LogP contribution >= 0.6 is 0 Å². The van der Waals surface area contributed by atoms with Gasteiger partial charge < -0.3 is 9.59 Å². The fraction of sp³-hybridized carbons (Fsp3) is 0.867. The van der Waals surface area contributed by atoms with Crippen LogP contribution in [0.1, 0.15) is 57.8 Å². The van der Waals surface area contributed by atoms with Crippen molar-refractivity contribution < 1.29 is 18.4 Å².